The number of aromatic nitrogens is 2. The third-order valence-electron chi connectivity index (χ3n) is 7.15. The van der Waals surface area contributed by atoms with Gasteiger partial charge in [-0.2, -0.15) is 5.26 Å². The second kappa shape index (κ2) is 10.0. The molecule has 1 spiro atoms. The lowest BCUT2D eigenvalue weighted by molar-refractivity contribution is 0.329. The van der Waals surface area contributed by atoms with Gasteiger partial charge in [0.2, 0.25) is 5.95 Å². The SMILES string of the molecule is CC[S@@+]([O-])/N=C1/c2ccccc2CC12CCN(c1nc(C)c(-c3cccc(Cl)c3Cl)c(C#N)n1)CC2. The molecule has 36 heavy (non-hydrogen) atoms. The molecule has 0 saturated carbocycles. The highest BCUT2D eigenvalue weighted by atomic mass is 35.5. The predicted octanol–water partition coefficient (Wildman–Crippen LogP) is 5.95. The van der Waals surface area contributed by atoms with Crippen molar-refractivity contribution in [2.45, 2.75) is 33.1 Å². The number of fused-ring (bicyclic) bond motifs is 1. The Labute approximate surface area is 224 Å². The number of benzene rings is 2. The lowest BCUT2D eigenvalue weighted by Crippen LogP contribution is -2.44. The molecule has 5 rings (SSSR count). The van der Waals surface area contributed by atoms with Gasteiger partial charge in [-0.3, -0.25) is 0 Å². The number of anilines is 1. The quantitative estimate of drug-likeness (QED) is 0.384. The van der Waals surface area contributed by atoms with Crippen LogP contribution in [-0.4, -0.2) is 39.1 Å². The minimum absolute atomic E-state index is 0.146. The summed E-state index contributed by atoms with van der Waals surface area (Å²) < 4.78 is 17.1. The monoisotopic (exact) mass is 537 g/mol. The van der Waals surface area contributed by atoms with Gasteiger partial charge >= 0.3 is 0 Å². The fourth-order valence-corrected chi connectivity index (χ4v) is 6.32. The van der Waals surface area contributed by atoms with E-state index >= 15 is 0 Å². The van der Waals surface area contributed by atoms with E-state index in [9.17, 15) is 9.81 Å². The van der Waals surface area contributed by atoms with Crippen molar-refractivity contribution in [3.8, 4) is 17.2 Å². The first kappa shape index (κ1) is 25.0. The molecule has 6 nitrogen and oxygen atoms in total. The van der Waals surface area contributed by atoms with Crippen molar-refractivity contribution in [1.82, 2.24) is 9.97 Å². The maximum atomic E-state index is 12.4. The van der Waals surface area contributed by atoms with Gasteiger partial charge in [-0.25, -0.2) is 9.97 Å². The summed E-state index contributed by atoms with van der Waals surface area (Å²) in [6, 6.07) is 15.9. The molecule has 0 radical (unpaired) electrons. The van der Waals surface area contributed by atoms with E-state index in [1.54, 1.807) is 12.1 Å². The van der Waals surface area contributed by atoms with Crippen LogP contribution in [0.4, 0.5) is 5.95 Å². The van der Waals surface area contributed by atoms with E-state index in [0.717, 1.165) is 30.5 Å². The second-order valence-corrected chi connectivity index (χ2v) is 11.4. The summed E-state index contributed by atoms with van der Waals surface area (Å²) in [6.07, 6.45) is 2.58. The third-order valence-corrected chi connectivity index (χ3v) is 8.85. The van der Waals surface area contributed by atoms with Crippen molar-refractivity contribution in [2.75, 3.05) is 23.7 Å². The van der Waals surface area contributed by atoms with Crippen molar-refractivity contribution < 1.29 is 4.55 Å². The van der Waals surface area contributed by atoms with Crippen molar-refractivity contribution >= 4 is 46.2 Å². The van der Waals surface area contributed by atoms with Crippen LogP contribution in [0.25, 0.3) is 11.1 Å². The fraction of sp³-hybridized carbons (Fsp3) is 0.333. The summed E-state index contributed by atoms with van der Waals surface area (Å²) in [5, 5.41) is 10.7. The molecule has 3 aromatic rings. The van der Waals surface area contributed by atoms with E-state index in [4.69, 9.17) is 28.2 Å². The summed E-state index contributed by atoms with van der Waals surface area (Å²) in [5.74, 6) is 1.04. The minimum atomic E-state index is -1.24. The first-order valence-corrected chi connectivity index (χ1v) is 13.9. The molecule has 2 aromatic carbocycles. The second-order valence-electron chi connectivity index (χ2n) is 9.20. The average molecular weight is 539 g/mol. The van der Waals surface area contributed by atoms with Crippen LogP contribution in [0.1, 0.15) is 42.3 Å². The van der Waals surface area contributed by atoms with Gasteiger partial charge in [0.15, 0.2) is 5.69 Å². The van der Waals surface area contributed by atoms with Crippen LogP contribution in [0.15, 0.2) is 46.9 Å². The number of piperidine rings is 1. The molecule has 184 valence electrons. The standard InChI is InChI=1S/C27H25Cl2N5OS/c1-3-36(35)33-25-19-8-5-4-7-18(19)15-27(25)11-13-34(14-12-27)26-31-17(2)23(22(16-30)32-26)20-9-6-10-21(28)24(20)29/h4-10H,3,11-15H2,1-2H3/b33-25-/t36-/m1/s1. The molecule has 2 heterocycles. The van der Waals surface area contributed by atoms with Gasteiger partial charge in [0, 0.05) is 35.2 Å². The lowest BCUT2D eigenvalue weighted by Gasteiger charge is -2.39. The van der Waals surface area contributed by atoms with Crippen molar-refractivity contribution in [1.29, 1.82) is 5.26 Å². The molecule has 1 atom stereocenters. The Morgan fingerprint density at radius 3 is 2.56 bits per heavy atom. The van der Waals surface area contributed by atoms with Crippen LogP contribution in [0.2, 0.25) is 10.0 Å². The molecule has 0 N–H and O–H groups in total. The summed E-state index contributed by atoms with van der Waals surface area (Å²) in [4.78, 5) is 11.5. The molecule has 1 aliphatic heterocycles. The Morgan fingerprint density at radius 2 is 1.83 bits per heavy atom. The van der Waals surface area contributed by atoms with Gasteiger partial charge in [0.1, 0.15) is 17.5 Å². The maximum Gasteiger partial charge on any atom is 0.226 e. The molecule has 1 saturated heterocycles. The van der Waals surface area contributed by atoms with Crippen LogP contribution in [0, 0.1) is 23.7 Å². The highest BCUT2D eigenvalue weighted by Crippen LogP contribution is 2.46. The van der Waals surface area contributed by atoms with Crippen LogP contribution in [0.5, 0.6) is 0 Å². The molecular weight excluding hydrogens is 513 g/mol. The summed E-state index contributed by atoms with van der Waals surface area (Å²) in [7, 11) is 0. The molecule has 2 aliphatic rings. The zero-order valence-corrected chi connectivity index (χ0v) is 22.4. The van der Waals surface area contributed by atoms with E-state index in [-0.39, 0.29) is 11.1 Å². The zero-order valence-electron chi connectivity index (χ0n) is 20.1. The van der Waals surface area contributed by atoms with Gasteiger partial charge in [0.05, 0.1) is 27.1 Å². The van der Waals surface area contributed by atoms with E-state index in [0.29, 0.717) is 51.7 Å². The Hall–Kier alpha value is -2.63. The summed E-state index contributed by atoms with van der Waals surface area (Å²) in [6.45, 7) is 5.19. The Balaban J connectivity index is 1.45. The Morgan fingerprint density at radius 1 is 1.11 bits per heavy atom. The molecule has 0 bridgehead atoms. The van der Waals surface area contributed by atoms with E-state index in [1.165, 1.54) is 5.56 Å². The van der Waals surface area contributed by atoms with Gasteiger partial charge < -0.3 is 9.45 Å². The first-order valence-electron chi connectivity index (χ1n) is 11.9. The van der Waals surface area contributed by atoms with E-state index in [2.05, 4.69) is 38.5 Å². The van der Waals surface area contributed by atoms with Crippen molar-refractivity contribution in [3.05, 3.63) is 75.0 Å². The number of nitriles is 1. The Bertz CT molecular complexity index is 1400. The predicted molar refractivity (Wildman–Crippen MR) is 146 cm³/mol. The van der Waals surface area contributed by atoms with Gasteiger partial charge in [0.25, 0.3) is 0 Å². The summed E-state index contributed by atoms with van der Waals surface area (Å²) >= 11 is 11.4. The molecule has 1 fully saturated rings. The molecule has 0 unspecified atom stereocenters. The van der Waals surface area contributed by atoms with Crippen LogP contribution >= 0.6 is 23.2 Å². The molecular formula is C27H25Cl2N5OS. The highest BCUT2D eigenvalue weighted by molar-refractivity contribution is 7.90. The number of aryl methyl sites for hydroxylation is 1. The van der Waals surface area contributed by atoms with Gasteiger partial charge in [-0.05, 0) is 44.7 Å². The normalized spacial score (nSPS) is 18.3. The summed E-state index contributed by atoms with van der Waals surface area (Å²) in [5.41, 5.74) is 5.41. The van der Waals surface area contributed by atoms with Crippen molar-refractivity contribution in [3.63, 3.8) is 0 Å². The number of hydrogen-bond acceptors (Lipinski definition) is 6. The van der Waals surface area contributed by atoms with Gasteiger partial charge in [-0.15, -0.1) is 0 Å². The highest BCUT2D eigenvalue weighted by Gasteiger charge is 2.47. The molecule has 1 aliphatic carbocycles. The number of rotatable bonds is 4. The molecule has 9 heteroatoms. The number of nitrogens with zero attached hydrogens (tertiary/aromatic N) is 5. The zero-order chi connectivity index (χ0) is 25.4. The van der Waals surface area contributed by atoms with Crippen molar-refractivity contribution in [2.24, 2.45) is 9.81 Å². The number of halogens is 2. The first-order chi connectivity index (χ1) is 17.4. The minimum Gasteiger partial charge on any atom is -0.591 e. The fourth-order valence-electron chi connectivity index (χ4n) is 5.30. The van der Waals surface area contributed by atoms with Crippen LogP contribution < -0.4 is 4.90 Å². The average Bonchev–Trinajstić information content (AvgIpc) is 3.18. The maximum absolute atomic E-state index is 12.4. The van der Waals surface area contributed by atoms with E-state index in [1.807, 2.05) is 26.0 Å². The largest absolute Gasteiger partial charge is 0.591 e. The van der Waals surface area contributed by atoms with E-state index < -0.39 is 11.4 Å². The lowest BCUT2D eigenvalue weighted by atomic mass is 9.74. The third kappa shape index (κ3) is 4.37. The van der Waals surface area contributed by atoms with Gasteiger partial charge in [-0.1, -0.05) is 64.0 Å². The molecule has 0 amide bonds. The van der Waals surface area contributed by atoms with Crippen LogP contribution in [-0.2, 0) is 17.8 Å². The van der Waals surface area contributed by atoms with Crippen LogP contribution in [0.3, 0.4) is 0 Å². The number of hydrogen-bond donors (Lipinski definition) is 0. The molecule has 1 aromatic heterocycles. The Kier molecular flexibility index (Phi) is 6.97. The topological polar surface area (TPSA) is 88.2 Å². The smallest absolute Gasteiger partial charge is 0.226 e.